The summed E-state index contributed by atoms with van der Waals surface area (Å²) in [5, 5.41) is -0.131. The van der Waals surface area contributed by atoms with Crippen molar-refractivity contribution in [3.8, 4) is 0 Å². The molecule has 0 N–H and O–H groups in total. The van der Waals surface area contributed by atoms with Crippen LogP contribution in [-0.2, 0) is 14.3 Å². The molecule has 0 bridgehead atoms. The number of ether oxygens (including phenoxy) is 1. The third kappa shape index (κ3) is 3.38. The first-order valence-corrected chi connectivity index (χ1v) is 5.29. The molecule has 0 aromatic heterocycles. The maximum Gasteiger partial charge on any atom is 0.319 e. The summed E-state index contributed by atoms with van der Waals surface area (Å²) in [7, 11) is 0. The summed E-state index contributed by atoms with van der Waals surface area (Å²) in [5.41, 5.74) is -1.02. The van der Waals surface area contributed by atoms with Gasteiger partial charge in [0, 0.05) is 0 Å². The summed E-state index contributed by atoms with van der Waals surface area (Å²) in [4.78, 5) is 22.8. The lowest BCUT2D eigenvalue weighted by Crippen LogP contribution is -2.33. The van der Waals surface area contributed by atoms with E-state index in [-0.39, 0.29) is 5.12 Å². The molecule has 0 heterocycles. The number of rotatable bonds is 4. The first-order valence-electron chi connectivity index (χ1n) is 4.31. The number of hydrogen-bond donors (Lipinski definition) is 0. The van der Waals surface area contributed by atoms with Gasteiger partial charge in [-0.2, -0.15) is 0 Å². The molecule has 0 aliphatic carbocycles. The van der Waals surface area contributed by atoms with E-state index in [1.165, 1.54) is 0 Å². The highest BCUT2D eigenvalue weighted by molar-refractivity contribution is 8.13. The van der Waals surface area contributed by atoms with Crippen LogP contribution in [0.2, 0.25) is 0 Å². The van der Waals surface area contributed by atoms with E-state index in [2.05, 4.69) is 0 Å². The van der Waals surface area contributed by atoms with Gasteiger partial charge < -0.3 is 4.74 Å². The quantitative estimate of drug-likeness (QED) is 0.518. The second-order valence-electron chi connectivity index (χ2n) is 3.07. The first kappa shape index (κ1) is 12.5. The molecule has 0 spiro atoms. The minimum atomic E-state index is -1.02. The van der Waals surface area contributed by atoms with Crippen LogP contribution >= 0.6 is 11.8 Å². The predicted molar refractivity (Wildman–Crippen MR) is 53.6 cm³/mol. The number of hydrogen-bond acceptors (Lipinski definition) is 4. The van der Waals surface area contributed by atoms with Crippen molar-refractivity contribution in [2.24, 2.45) is 5.41 Å². The van der Waals surface area contributed by atoms with Gasteiger partial charge in [0.1, 0.15) is 5.41 Å². The molecule has 4 heteroatoms. The minimum Gasteiger partial charge on any atom is -0.465 e. The number of thioether (sulfide) groups is 1. The van der Waals surface area contributed by atoms with Gasteiger partial charge in [0.25, 0.3) is 0 Å². The summed E-state index contributed by atoms with van der Waals surface area (Å²) in [6.45, 7) is 7.10. The Labute approximate surface area is 83.2 Å². The van der Waals surface area contributed by atoms with Crippen LogP contribution in [0.1, 0.15) is 27.7 Å². The van der Waals surface area contributed by atoms with E-state index < -0.39 is 11.4 Å². The van der Waals surface area contributed by atoms with E-state index in [0.29, 0.717) is 12.4 Å². The van der Waals surface area contributed by atoms with E-state index >= 15 is 0 Å². The Bertz CT molecular complexity index is 179. The maximum absolute atomic E-state index is 11.4. The molecule has 0 aromatic rings. The molecule has 0 fully saturated rings. The van der Waals surface area contributed by atoms with Gasteiger partial charge in [-0.1, -0.05) is 18.7 Å². The Morgan fingerprint density at radius 2 is 1.85 bits per heavy atom. The second-order valence-corrected chi connectivity index (χ2v) is 4.30. The van der Waals surface area contributed by atoms with Crippen LogP contribution in [0.4, 0.5) is 0 Å². The van der Waals surface area contributed by atoms with E-state index in [4.69, 9.17) is 4.74 Å². The second kappa shape index (κ2) is 5.27. The third-order valence-corrected chi connectivity index (χ3v) is 2.63. The highest BCUT2D eigenvalue weighted by atomic mass is 32.2. The Hall–Kier alpha value is -0.510. The molecule has 0 aromatic carbocycles. The molecule has 13 heavy (non-hydrogen) atoms. The monoisotopic (exact) mass is 204 g/mol. The van der Waals surface area contributed by atoms with Gasteiger partial charge in [0.15, 0.2) is 0 Å². The number of esters is 1. The molecule has 0 rings (SSSR count). The Balaban J connectivity index is 4.36. The van der Waals surface area contributed by atoms with Gasteiger partial charge in [-0.3, -0.25) is 9.59 Å². The zero-order chi connectivity index (χ0) is 10.5. The number of carbonyl (C=O) groups excluding carboxylic acids is 2. The van der Waals surface area contributed by atoms with Crippen molar-refractivity contribution in [2.45, 2.75) is 27.7 Å². The largest absolute Gasteiger partial charge is 0.465 e. The van der Waals surface area contributed by atoms with Crippen LogP contribution in [0.25, 0.3) is 0 Å². The lowest BCUT2D eigenvalue weighted by molar-refractivity contribution is -0.155. The molecule has 0 aliphatic rings. The average Bonchev–Trinajstić information content (AvgIpc) is 2.05. The summed E-state index contributed by atoms with van der Waals surface area (Å²) in [6.07, 6.45) is 0. The predicted octanol–water partition coefficient (Wildman–Crippen LogP) is 1.86. The van der Waals surface area contributed by atoms with Crippen molar-refractivity contribution >= 4 is 22.8 Å². The number of carbonyl (C=O) groups is 2. The fourth-order valence-electron chi connectivity index (χ4n) is 0.706. The van der Waals surface area contributed by atoms with Crippen LogP contribution in [0, 0.1) is 5.41 Å². The van der Waals surface area contributed by atoms with E-state index in [1.807, 2.05) is 6.92 Å². The molecule has 0 amide bonds. The van der Waals surface area contributed by atoms with Crippen LogP contribution < -0.4 is 0 Å². The zero-order valence-electron chi connectivity index (χ0n) is 8.55. The van der Waals surface area contributed by atoms with E-state index in [0.717, 1.165) is 11.8 Å². The fourth-order valence-corrected chi connectivity index (χ4v) is 1.41. The lowest BCUT2D eigenvalue weighted by Gasteiger charge is -2.19. The maximum atomic E-state index is 11.4. The molecule has 0 aliphatic heterocycles. The van der Waals surface area contributed by atoms with Gasteiger partial charge in [-0.25, -0.2) is 0 Å². The highest BCUT2D eigenvalue weighted by Gasteiger charge is 2.37. The molecule has 0 atom stereocenters. The zero-order valence-corrected chi connectivity index (χ0v) is 9.36. The smallest absolute Gasteiger partial charge is 0.319 e. The van der Waals surface area contributed by atoms with Crippen LogP contribution in [0.5, 0.6) is 0 Å². The van der Waals surface area contributed by atoms with Crippen molar-refractivity contribution < 1.29 is 14.3 Å². The van der Waals surface area contributed by atoms with Gasteiger partial charge >= 0.3 is 5.97 Å². The van der Waals surface area contributed by atoms with Crippen LogP contribution in [0.3, 0.4) is 0 Å². The Morgan fingerprint density at radius 3 is 2.23 bits per heavy atom. The Kier molecular flexibility index (Phi) is 5.06. The van der Waals surface area contributed by atoms with Crippen LogP contribution in [0.15, 0.2) is 0 Å². The van der Waals surface area contributed by atoms with Gasteiger partial charge in [-0.15, -0.1) is 0 Å². The van der Waals surface area contributed by atoms with Crippen molar-refractivity contribution in [1.82, 2.24) is 0 Å². The molecule has 0 saturated carbocycles. The normalized spacial score (nSPS) is 11.1. The lowest BCUT2D eigenvalue weighted by atomic mass is 9.96. The molecule has 0 unspecified atom stereocenters. The molecule has 3 nitrogen and oxygen atoms in total. The highest BCUT2D eigenvalue weighted by Crippen LogP contribution is 2.25. The SMILES string of the molecule is CCOC(=O)C(C)(C)C(=O)SCC. The molecular weight excluding hydrogens is 188 g/mol. The van der Waals surface area contributed by atoms with Crippen molar-refractivity contribution in [1.29, 1.82) is 0 Å². The topological polar surface area (TPSA) is 43.4 Å². The first-order chi connectivity index (χ1) is 5.96. The molecule has 76 valence electrons. The van der Waals surface area contributed by atoms with E-state index in [1.54, 1.807) is 20.8 Å². The average molecular weight is 204 g/mol. The fraction of sp³-hybridized carbons (Fsp3) is 0.778. The summed E-state index contributed by atoms with van der Waals surface area (Å²) in [5.74, 6) is 0.239. The minimum absolute atomic E-state index is 0.131. The van der Waals surface area contributed by atoms with E-state index in [9.17, 15) is 9.59 Å². The van der Waals surface area contributed by atoms with Gasteiger partial charge in [-0.05, 0) is 26.5 Å². The van der Waals surface area contributed by atoms with Gasteiger partial charge in [0.2, 0.25) is 5.12 Å². The summed E-state index contributed by atoms with van der Waals surface area (Å²) < 4.78 is 4.80. The third-order valence-electron chi connectivity index (χ3n) is 1.57. The Morgan fingerprint density at radius 1 is 1.31 bits per heavy atom. The molecular formula is C9H16O3S. The van der Waals surface area contributed by atoms with Crippen LogP contribution in [-0.4, -0.2) is 23.4 Å². The molecule has 0 radical (unpaired) electrons. The summed E-state index contributed by atoms with van der Waals surface area (Å²) >= 11 is 1.15. The standard InChI is InChI=1S/C9H16O3S/c1-5-12-7(10)9(3,4)8(11)13-6-2/h5-6H2,1-4H3. The summed E-state index contributed by atoms with van der Waals surface area (Å²) in [6, 6.07) is 0. The molecule has 0 saturated heterocycles. The van der Waals surface area contributed by atoms with Crippen molar-refractivity contribution in [2.75, 3.05) is 12.4 Å². The van der Waals surface area contributed by atoms with Crippen molar-refractivity contribution in [3.63, 3.8) is 0 Å². The van der Waals surface area contributed by atoms with Crippen molar-refractivity contribution in [3.05, 3.63) is 0 Å². The van der Waals surface area contributed by atoms with Gasteiger partial charge in [0.05, 0.1) is 6.61 Å².